The lowest BCUT2D eigenvalue weighted by Crippen LogP contribution is -2.14. The summed E-state index contributed by atoms with van der Waals surface area (Å²) in [5, 5.41) is 2.05. The molecular formula is C13H16N2OS2. The van der Waals surface area contributed by atoms with Gasteiger partial charge in [0, 0.05) is 28.4 Å². The quantitative estimate of drug-likeness (QED) is 0.854. The molecule has 3 nitrogen and oxygen atoms in total. The fourth-order valence-electron chi connectivity index (χ4n) is 1.62. The summed E-state index contributed by atoms with van der Waals surface area (Å²) in [5.41, 5.74) is 8.31. The number of rotatable bonds is 5. The third kappa shape index (κ3) is 3.25. The van der Waals surface area contributed by atoms with Crippen LogP contribution in [0, 0.1) is 6.92 Å². The van der Waals surface area contributed by atoms with Crippen molar-refractivity contribution in [2.75, 3.05) is 12.9 Å². The van der Waals surface area contributed by atoms with Gasteiger partial charge in [0.1, 0.15) is 10.1 Å². The molecule has 1 aromatic carbocycles. The van der Waals surface area contributed by atoms with E-state index < -0.39 is 0 Å². The number of ether oxygens (including phenoxy) is 1. The number of para-hydroxylation sites is 1. The van der Waals surface area contributed by atoms with Crippen LogP contribution in [0.3, 0.4) is 0 Å². The summed E-state index contributed by atoms with van der Waals surface area (Å²) in [5.74, 6) is 1.65. The molecule has 5 heteroatoms. The molecule has 0 aliphatic rings. The lowest BCUT2D eigenvalue weighted by molar-refractivity contribution is 0.407. The molecule has 1 atom stereocenters. The molecule has 18 heavy (non-hydrogen) atoms. The molecule has 1 heterocycles. The Bertz CT molecular complexity index is 513. The number of nitrogens with two attached hydrogens (primary N) is 1. The van der Waals surface area contributed by atoms with Gasteiger partial charge in [0.2, 0.25) is 0 Å². The monoisotopic (exact) mass is 280 g/mol. The summed E-state index contributed by atoms with van der Waals surface area (Å²) in [4.78, 5) is 4.41. The molecule has 1 aromatic heterocycles. The van der Waals surface area contributed by atoms with Crippen LogP contribution in [0.5, 0.6) is 5.75 Å². The van der Waals surface area contributed by atoms with E-state index in [9.17, 15) is 0 Å². The van der Waals surface area contributed by atoms with Gasteiger partial charge in [0.25, 0.3) is 0 Å². The Morgan fingerprint density at radius 3 is 2.89 bits per heavy atom. The first-order valence-corrected chi connectivity index (χ1v) is 7.50. The summed E-state index contributed by atoms with van der Waals surface area (Å²) in [6, 6.07) is 7.84. The van der Waals surface area contributed by atoms with Gasteiger partial charge < -0.3 is 10.5 Å². The summed E-state index contributed by atoms with van der Waals surface area (Å²) >= 11 is 3.35. The number of nitrogens with zero attached hydrogens (tertiary/aromatic N) is 1. The van der Waals surface area contributed by atoms with E-state index in [1.165, 1.54) is 0 Å². The largest absolute Gasteiger partial charge is 0.496 e. The molecule has 0 fully saturated rings. The molecule has 2 N–H and O–H groups in total. The highest BCUT2D eigenvalue weighted by Gasteiger charge is 2.12. The third-order valence-corrected chi connectivity index (χ3v) is 4.78. The zero-order valence-electron chi connectivity index (χ0n) is 10.4. The van der Waals surface area contributed by atoms with Gasteiger partial charge in [-0.3, -0.25) is 0 Å². The van der Waals surface area contributed by atoms with Crippen molar-refractivity contribution in [3.05, 3.63) is 40.9 Å². The summed E-state index contributed by atoms with van der Waals surface area (Å²) in [6.07, 6.45) is 0. The van der Waals surface area contributed by atoms with Crippen LogP contribution in [0.25, 0.3) is 0 Å². The Hall–Kier alpha value is -1.04. The average Bonchev–Trinajstić information content (AvgIpc) is 2.81. The van der Waals surface area contributed by atoms with Crippen molar-refractivity contribution in [2.24, 2.45) is 5.73 Å². The topological polar surface area (TPSA) is 48.1 Å². The van der Waals surface area contributed by atoms with Gasteiger partial charge in [-0.15, -0.1) is 11.3 Å². The SMILES string of the molecule is COc1ccccc1C(N)CSc1nc(C)cs1. The van der Waals surface area contributed by atoms with Gasteiger partial charge in [-0.2, -0.15) is 0 Å². The van der Waals surface area contributed by atoms with Crippen LogP contribution >= 0.6 is 23.1 Å². The number of benzene rings is 1. The Balaban J connectivity index is 2.01. The van der Waals surface area contributed by atoms with Crippen molar-refractivity contribution >= 4 is 23.1 Å². The van der Waals surface area contributed by atoms with Gasteiger partial charge >= 0.3 is 0 Å². The van der Waals surface area contributed by atoms with E-state index in [4.69, 9.17) is 10.5 Å². The Morgan fingerprint density at radius 2 is 2.22 bits per heavy atom. The van der Waals surface area contributed by atoms with Crippen LogP contribution in [0.4, 0.5) is 0 Å². The highest BCUT2D eigenvalue weighted by atomic mass is 32.2. The minimum atomic E-state index is -0.0460. The molecule has 0 saturated heterocycles. The third-order valence-electron chi connectivity index (χ3n) is 2.52. The van der Waals surface area contributed by atoms with Crippen LogP contribution in [-0.2, 0) is 0 Å². The molecule has 96 valence electrons. The number of hydrogen-bond acceptors (Lipinski definition) is 5. The van der Waals surface area contributed by atoms with Gasteiger partial charge in [0.05, 0.1) is 7.11 Å². The number of methoxy groups -OCH3 is 1. The molecule has 0 aliphatic carbocycles. The van der Waals surface area contributed by atoms with E-state index >= 15 is 0 Å². The predicted octanol–water partition coefficient (Wildman–Crippen LogP) is 3.25. The van der Waals surface area contributed by atoms with Crippen molar-refractivity contribution in [1.29, 1.82) is 0 Å². The smallest absolute Gasteiger partial charge is 0.150 e. The zero-order valence-corrected chi connectivity index (χ0v) is 12.1. The number of hydrogen-bond donors (Lipinski definition) is 1. The molecule has 0 bridgehead atoms. The number of thioether (sulfide) groups is 1. The first kappa shape index (κ1) is 13.4. The van der Waals surface area contributed by atoms with E-state index in [1.54, 1.807) is 30.2 Å². The first-order valence-electron chi connectivity index (χ1n) is 5.64. The second-order valence-electron chi connectivity index (χ2n) is 3.91. The van der Waals surface area contributed by atoms with E-state index in [1.807, 2.05) is 31.2 Å². The van der Waals surface area contributed by atoms with E-state index in [-0.39, 0.29) is 6.04 Å². The van der Waals surface area contributed by atoms with Crippen molar-refractivity contribution in [3.8, 4) is 5.75 Å². The zero-order chi connectivity index (χ0) is 13.0. The lowest BCUT2D eigenvalue weighted by atomic mass is 10.1. The molecule has 1 unspecified atom stereocenters. The molecule has 0 spiro atoms. The van der Waals surface area contributed by atoms with Crippen molar-refractivity contribution in [3.63, 3.8) is 0 Å². The maximum absolute atomic E-state index is 6.20. The normalized spacial score (nSPS) is 12.4. The average molecular weight is 280 g/mol. The minimum absolute atomic E-state index is 0.0460. The molecule has 0 saturated carbocycles. The summed E-state index contributed by atoms with van der Waals surface area (Å²) in [6.45, 7) is 2.00. The van der Waals surface area contributed by atoms with Crippen LogP contribution in [0.1, 0.15) is 17.3 Å². The molecular weight excluding hydrogens is 264 g/mol. The van der Waals surface area contributed by atoms with Gasteiger partial charge in [-0.1, -0.05) is 30.0 Å². The number of thiazole rings is 1. The summed E-state index contributed by atoms with van der Waals surface area (Å²) in [7, 11) is 1.67. The lowest BCUT2D eigenvalue weighted by Gasteiger charge is -2.14. The Kier molecular flexibility index (Phi) is 4.63. The fraction of sp³-hybridized carbons (Fsp3) is 0.308. The van der Waals surface area contributed by atoms with Crippen molar-refractivity contribution in [2.45, 2.75) is 17.3 Å². The van der Waals surface area contributed by atoms with E-state index in [0.29, 0.717) is 0 Å². The van der Waals surface area contributed by atoms with E-state index in [2.05, 4.69) is 10.4 Å². The van der Waals surface area contributed by atoms with Gasteiger partial charge in [-0.05, 0) is 13.0 Å². The molecule has 2 rings (SSSR count). The van der Waals surface area contributed by atoms with Crippen molar-refractivity contribution < 1.29 is 4.74 Å². The standard InChI is InChI=1S/C13H16N2OS2/c1-9-7-17-13(15-9)18-8-11(14)10-5-3-4-6-12(10)16-2/h3-7,11H,8,14H2,1-2H3. The molecule has 0 aliphatic heterocycles. The second kappa shape index (κ2) is 6.22. The van der Waals surface area contributed by atoms with Crippen LogP contribution in [-0.4, -0.2) is 17.8 Å². The fourth-order valence-corrected chi connectivity index (χ4v) is 3.47. The maximum atomic E-state index is 6.20. The molecule has 0 amide bonds. The highest BCUT2D eigenvalue weighted by Crippen LogP contribution is 2.29. The Morgan fingerprint density at radius 1 is 1.44 bits per heavy atom. The number of aromatic nitrogens is 1. The van der Waals surface area contributed by atoms with E-state index in [0.717, 1.165) is 27.1 Å². The highest BCUT2D eigenvalue weighted by molar-refractivity contribution is 8.01. The van der Waals surface area contributed by atoms with Crippen LogP contribution < -0.4 is 10.5 Å². The first-order chi connectivity index (χ1) is 8.70. The second-order valence-corrected chi connectivity index (χ2v) is 6.04. The molecule has 0 radical (unpaired) electrons. The Labute approximate surface area is 115 Å². The van der Waals surface area contributed by atoms with Crippen LogP contribution in [0.15, 0.2) is 34.0 Å². The minimum Gasteiger partial charge on any atom is -0.496 e. The van der Waals surface area contributed by atoms with Gasteiger partial charge in [-0.25, -0.2) is 4.98 Å². The maximum Gasteiger partial charge on any atom is 0.150 e. The molecule has 2 aromatic rings. The number of aryl methyl sites for hydroxylation is 1. The predicted molar refractivity (Wildman–Crippen MR) is 77.5 cm³/mol. The summed E-state index contributed by atoms with van der Waals surface area (Å²) < 4.78 is 6.39. The van der Waals surface area contributed by atoms with Crippen molar-refractivity contribution in [1.82, 2.24) is 4.98 Å². The van der Waals surface area contributed by atoms with Crippen LogP contribution in [0.2, 0.25) is 0 Å². The van der Waals surface area contributed by atoms with Gasteiger partial charge in [0.15, 0.2) is 0 Å².